The number of pyridine rings is 1. The second kappa shape index (κ2) is 6.71. The van der Waals surface area contributed by atoms with Gasteiger partial charge in [0.2, 0.25) is 0 Å². The van der Waals surface area contributed by atoms with Crippen LogP contribution in [0.5, 0.6) is 5.75 Å². The van der Waals surface area contributed by atoms with E-state index in [1.807, 2.05) is 0 Å². The van der Waals surface area contributed by atoms with Crippen molar-refractivity contribution in [2.24, 2.45) is 0 Å². The number of nitrogens with one attached hydrogen (secondary N) is 2. The van der Waals surface area contributed by atoms with E-state index >= 15 is 0 Å². The van der Waals surface area contributed by atoms with Gasteiger partial charge in [0.25, 0.3) is 5.91 Å². The second-order valence-corrected chi connectivity index (χ2v) is 4.35. The molecule has 2 heterocycles. The molecule has 110 valence electrons. The number of aromatic nitrogens is 3. The first-order valence-electron chi connectivity index (χ1n) is 5.86. The largest absolute Gasteiger partial charge is 0.490 e. The van der Waals surface area contributed by atoms with Gasteiger partial charge in [-0.15, -0.1) is 0 Å². The van der Waals surface area contributed by atoms with Crippen LogP contribution in [0.1, 0.15) is 21.0 Å². The van der Waals surface area contributed by atoms with Crippen molar-refractivity contribution in [3.63, 3.8) is 0 Å². The van der Waals surface area contributed by atoms with Gasteiger partial charge in [-0.2, -0.15) is 5.10 Å². The molecule has 0 aliphatic rings. The number of rotatable bonds is 6. The average molecular weight is 311 g/mol. The summed E-state index contributed by atoms with van der Waals surface area (Å²) in [6, 6.07) is 2.75. The lowest BCUT2D eigenvalue weighted by Crippen LogP contribution is -2.28. The zero-order chi connectivity index (χ0) is 15.2. The monoisotopic (exact) mass is 310 g/mol. The molecule has 2 aromatic heterocycles. The third-order valence-corrected chi connectivity index (χ3v) is 2.58. The summed E-state index contributed by atoms with van der Waals surface area (Å²) in [7, 11) is 0. The standard InChI is InChI=1S/C12H11ClN4O4/c13-7-3-8(6-14-5-7)21-2-1-15-11(18)9-4-10(12(19)20)17-16-9/h3-6H,1-2H2,(H,15,18)(H,16,17)(H,19,20). The van der Waals surface area contributed by atoms with Crippen LogP contribution in [0.3, 0.4) is 0 Å². The summed E-state index contributed by atoms with van der Waals surface area (Å²) in [6.45, 7) is 0.435. The van der Waals surface area contributed by atoms with Gasteiger partial charge in [-0.25, -0.2) is 4.79 Å². The summed E-state index contributed by atoms with van der Waals surface area (Å²) in [5.41, 5.74) is -0.154. The number of H-pyrrole nitrogens is 1. The average Bonchev–Trinajstić information content (AvgIpc) is 2.93. The van der Waals surface area contributed by atoms with E-state index in [-0.39, 0.29) is 24.5 Å². The first-order chi connectivity index (χ1) is 10.1. The van der Waals surface area contributed by atoms with Crippen LogP contribution in [0, 0.1) is 0 Å². The number of amides is 1. The number of ether oxygens (including phenoxy) is 1. The molecule has 0 aliphatic carbocycles. The zero-order valence-electron chi connectivity index (χ0n) is 10.7. The van der Waals surface area contributed by atoms with Crippen LogP contribution in [0.4, 0.5) is 0 Å². The van der Waals surface area contributed by atoms with Crippen LogP contribution in [-0.2, 0) is 0 Å². The number of carboxylic acids is 1. The number of carbonyl (C=O) groups is 2. The van der Waals surface area contributed by atoms with Gasteiger partial charge < -0.3 is 15.2 Å². The van der Waals surface area contributed by atoms with Crippen LogP contribution in [0.15, 0.2) is 24.5 Å². The minimum absolute atomic E-state index is 0.00294. The molecule has 1 amide bonds. The molecule has 9 heteroatoms. The van der Waals surface area contributed by atoms with Crippen LogP contribution < -0.4 is 10.1 Å². The summed E-state index contributed by atoms with van der Waals surface area (Å²) in [5.74, 6) is -1.19. The normalized spacial score (nSPS) is 10.1. The van der Waals surface area contributed by atoms with Crippen molar-refractivity contribution in [3.8, 4) is 5.75 Å². The zero-order valence-corrected chi connectivity index (χ0v) is 11.4. The molecular weight excluding hydrogens is 300 g/mol. The Hall–Kier alpha value is -2.61. The van der Waals surface area contributed by atoms with Gasteiger partial charge in [-0.1, -0.05) is 11.6 Å². The Morgan fingerprint density at radius 3 is 2.86 bits per heavy atom. The second-order valence-electron chi connectivity index (χ2n) is 3.92. The first kappa shape index (κ1) is 14.8. The number of hydrogen-bond acceptors (Lipinski definition) is 5. The number of halogens is 1. The number of nitrogens with zero attached hydrogens (tertiary/aromatic N) is 2. The Bertz CT molecular complexity index is 658. The molecule has 8 nitrogen and oxygen atoms in total. The fraction of sp³-hybridized carbons (Fsp3) is 0.167. The maximum Gasteiger partial charge on any atom is 0.353 e. The molecule has 0 bridgehead atoms. The van der Waals surface area contributed by atoms with E-state index in [4.69, 9.17) is 21.4 Å². The number of hydrogen-bond donors (Lipinski definition) is 3. The summed E-state index contributed by atoms with van der Waals surface area (Å²) in [4.78, 5) is 26.2. The van der Waals surface area contributed by atoms with Crippen LogP contribution >= 0.6 is 11.6 Å². The maximum atomic E-state index is 11.7. The minimum Gasteiger partial charge on any atom is -0.490 e. The highest BCUT2D eigenvalue weighted by atomic mass is 35.5. The maximum absolute atomic E-state index is 11.7. The van der Waals surface area contributed by atoms with Gasteiger partial charge in [0, 0.05) is 18.3 Å². The number of carbonyl (C=O) groups excluding carboxylic acids is 1. The molecular formula is C12H11ClN4O4. The Morgan fingerprint density at radius 2 is 2.19 bits per heavy atom. The highest BCUT2D eigenvalue weighted by molar-refractivity contribution is 6.30. The molecule has 0 aliphatic heterocycles. The van der Waals surface area contributed by atoms with Gasteiger partial charge in [-0.3, -0.25) is 14.9 Å². The Balaban J connectivity index is 1.77. The Morgan fingerprint density at radius 1 is 1.38 bits per heavy atom. The highest BCUT2D eigenvalue weighted by Crippen LogP contribution is 2.14. The van der Waals surface area contributed by atoms with Crippen molar-refractivity contribution >= 4 is 23.5 Å². The predicted octanol–water partition coefficient (Wildman–Crippen LogP) is 0.965. The van der Waals surface area contributed by atoms with Gasteiger partial charge in [-0.05, 0) is 0 Å². The van der Waals surface area contributed by atoms with Crippen molar-refractivity contribution in [1.29, 1.82) is 0 Å². The highest BCUT2D eigenvalue weighted by Gasteiger charge is 2.13. The third-order valence-electron chi connectivity index (χ3n) is 2.38. The van der Waals surface area contributed by atoms with Crippen molar-refractivity contribution < 1.29 is 19.4 Å². The summed E-state index contributed by atoms with van der Waals surface area (Å²) >= 11 is 5.74. The molecule has 0 spiro atoms. The van der Waals surface area contributed by atoms with Crippen LogP contribution in [0.25, 0.3) is 0 Å². The summed E-state index contributed by atoms with van der Waals surface area (Å²) in [5, 5.41) is 17.5. The molecule has 0 radical (unpaired) electrons. The third kappa shape index (κ3) is 4.18. The molecule has 21 heavy (non-hydrogen) atoms. The topological polar surface area (TPSA) is 117 Å². The quantitative estimate of drug-likeness (QED) is 0.684. The SMILES string of the molecule is O=C(NCCOc1cncc(Cl)c1)c1cc(C(=O)O)[nH]n1. The number of aromatic amines is 1. The van der Waals surface area contributed by atoms with Crippen molar-refractivity contribution in [2.75, 3.05) is 13.2 Å². The number of aromatic carboxylic acids is 1. The minimum atomic E-state index is -1.18. The van der Waals surface area contributed by atoms with E-state index in [1.165, 1.54) is 12.4 Å². The molecule has 0 fully saturated rings. The summed E-state index contributed by atoms with van der Waals surface area (Å²) in [6.07, 6.45) is 2.98. The van der Waals surface area contributed by atoms with E-state index in [0.29, 0.717) is 10.8 Å². The van der Waals surface area contributed by atoms with Crippen LogP contribution in [0.2, 0.25) is 5.02 Å². The Labute approximate surface area is 124 Å². The van der Waals surface area contributed by atoms with Crippen molar-refractivity contribution in [3.05, 3.63) is 40.9 Å². The van der Waals surface area contributed by atoms with E-state index < -0.39 is 11.9 Å². The number of carboxylic acid groups (broad SMARTS) is 1. The van der Waals surface area contributed by atoms with Crippen molar-refractivity contribution in [1.82, 2.24) is 20.5 Å². The van der Waals surface area contributed by atoms with Gasteiger partial charge in [0.1, 0.15) is 18.1 Å². The molecule has 0 saturated heterocycles. The molecule has 0 atom stereocenters. The molecule has 3 N–H and O–H groups in total. The fourth-order valence-electron chi connectivity index (χ4n) is 1.44. The molecule has 2 aromatic rings. The van der Waals surface area contributed by atoms with E-state index in [9.17, 15) is 9.59 Å². The molecule has 0 unspecified atom stereocenters. The lowest BCUT2D eigenvalue weighted by atomic mass is 10.3. The van der Waals surface area contributed by atoms with E-state index in [1.54, 1.807) is 6.07 Å². The summed E-state index contributed by atoms with van der Waals surface area (Å²) < 4.78 is 5.33. The van der Waals surface area contributed by atoms with E-state index in [2.05, 4.69) is 20.5 Å². The van der Waals surface area contributed by atoms with E-state index in [0.717, 1.165) is 6.07 Å². The van der Waals surface area contributed by atoms with Crippen LogP contribution in [-0.4, -0.2) is 45.3 Å². The first-order valence-corrected chi connectivity index (χ1v) is 6.24. The van der Waals surface area contributed by atoms with Gasteiger partial charge in [0.05, 0.1) is 17.8 Å². The lowest BCUT2D eigenvalue weighted by Gasteiger charge is -2.06. The Kier molecular flexibility index (Phi) is 4.72. The predicted molar refractivity (Wildman–Crippen MR) is 72.6 cm³/mol. The smallest absolute Gasteiger partial charge is 0.353 e. The van der Waals surface area contributed by atoms with Gasteiger partial charge in [0.15, 0.2) is 5.69 Å². The lowest BCUT2D eigenvalue weighted by molar-refractivity contribution is 0.0690. The van der Waals surface area contributed by atoms with Crippen molar-refractivity contribution in [2.45, 2.75) is 0 Å². The molecule has 0 aromatic carbocycles. The van der Waals surface area contributed by atoms with Gasteiger partial charge >= 0.3 is 5.97 Å². The molecule has 2 rings (SSSR count). The fourth-order valence-corrected chi connectivity index (χ4v) is 1.61. The molecule has 0 saturated carbocycles.